The van der Waals surface area contributed by atoms with Crippen molar-refractivity contribution in [1.29, 1.82) is 0 Å². The van der Waals surface area contributed by atoms with E-state index >= 15 is 0 Å². The number of nitrogens with two attached hydrogens (primary N) is 1. The minimum atomic E-state index is -1.57. The van der Waals surface area contributed by atoms with Gasteiger partial charge in [-0.1, -0.05) is 69.8 Å². The number of aromatic nitrogens is 1. The van der Waals surface area contributed by atoms with E-state index in [1.54, 1.807) is 26.0 Å². The summed E-state index contributed by atoms with van der Waals surface area (Å²) in [6.45, 7) is 7.22. The second-order valence-corrected chi connectivity index (χ2v) is 13.0. The third kappa shape index (κ3) is 7.31. The Kier molecular flexibility index (Phi) is 11.0. The van der Waals surface area contributed by atoms with Crippen molar-refractivity contribution in [1.82, 2.24) is 20.9 Å². The summed E-state index contributed by atoms with van der Waals surface area (Å²) in [6, 6.07) is 4.48. The summed E-state index contributed by atoms with van der Waals surface area (Å²) in [4.78, 5) is 57.0. The molecule has 4 amide bonds. The van der Waals surface area contributed by atoms with E-state index in [9.17, 15) is 28.0 Å². The second kappa shape index (κ2) is 14.4. The van der Waals surface area contributed by atoms with Gasteiger partial charge in [0.25, 0.3) is 0 Å². The molecule has 2 unspecified atom stereocenters. The number of carbonyl (C=O) groups excluding carboxylic acids is 4. The summed E-state index contributed by atoms with van der Waals surface area (Å²) < 4.78 is 28.6. The van der Waals surface area contributed by atoms with E-state index in [1.807, 2.05) is 13.8 Å². The second-order valence-electron chi connectivity index (χ2n) is 12.2. The predicted molar refractivity (Wildman–Crippen MR) is 173 cm³/mol. The number of benzene rings is 2. The van der Waals surface area contributed by atoms with Gasteiger partial charge in [0.05, 0.1) is 17.0 Å². The Bertz CT molecular complexity index is 1640. The van der Waals surface area contributed by atoms with Gasteiger partial charge in [-0.25, -0.2) is 8.78 Å². The number of primary amides is 1. The molecule has 0 saturated heterocycles. The summed E-state index contributed by atoms with van der Waals surface area (Å²) in [6.07, 6.45) is 0.894. The van der Waals surface area contributed by atoms with E-state index in [0.29, 0.717) is 40.2 Å². The van der Waals surface area contributed by atoms with Gasteiger partial charge in [0.2, 0.25) is 23.6 Å². The quantitative estimate of drug-likeness (QED) is 0.186. The molecule has 1 heterocycles. The smallest absolute Gasteiger partial charge is 0.246 e. The van der Waals surface area contributed by atoms with Crippen molar-refractivity contribution >= 4 is 57.7 Å². The first-order valence-electron chi connectivity index (χ1n) is 15.3. The first kappa shape index (κ1) is 35.2. The standard InChI is InChI=1S/C33H39Cl2F2N5O4/c1-5-16(3)27(30(38)44)41-32(46)33(11-10-25-21(15-33)19-12-18(34)13-22(35)29(19)39-25)42-31(45)28(17(4)6-2)40-26(43)14-20-23(36)8-7-9-24(20)37/h7-9,12-13,16-17,27-28,39H,5-6,10-11,14-15H2,1-4H3,(H2,38,44)(H,40,43)(H,41,46)(H,42,45)/t16?,17?,27-,28-,33+/m0/s1. The van der Waals surface area contributed by atoms with Crippen LogP contribution in [0.5, 0.6) is 0 Å². The Labute approximate surface area is 276 Å². The number of halogens is 4. The minimum absolute atomic E-state index is 0.0180. The number of aryl methyl sites for hydroxylation is 1. The molecular formula is C33H39Cl2F2N5O4. The van der Waals surface area contributed by atoms with Crippen LogP contribution in [0.2, 0.25) is 10.0 Å². The highest BCUT2D eigenvalue weighted by Crippen LogP contribution is 2.38. The van der Waals surface area contributed by atoms with Gasteiger partial charge in [-0.2, -0.15) is 0 Å². The van der Waals surface area contributed by atoms with Crippen molar-refractivity contribution in [2.75, 3.05) is 0 Å². The van der Waals surface area contributed by atoms with E-state index in [-0.39, 0.29) is 18.8 Å². The van der Waals surface area contributed by atoms with Crippen LogP contribution in [0.25, 0.3) is 10.9 Å². The van der Waals surface area contributed by atoms with Crippen molar-refractivity contribution in [2.24, 2.45) is 17.6 Å². The van der Waals surface area contributed by atoms with Gasteiger partial charge in [0.1, 0.15) is 29.3 Å². The van der Waals surface area contributed by atoms with Crippen LogP contribution in [-0.4, -0.2) is 46.2 Å². The van der Waals surface area contributed by atoms with Gasteiger partial charge in [-0.15, -0.1) is 0 Å². The van der Waals surface area contributed by atoms with Crippen molar-refractivity contribution < 1.29 is 28.0 Å². The van der Waals surface area contributed by atoms with E-state index in [4.69, 9.17) is 28.9 Å². The molecule has 9 nitrogen and oxygen atoms in total. The van der Waals surface area contributed by atoms with Crippen molar-refractivity contribution in [3.8, 4) is 0 Å². The molecule has 13 heteroatoms. The van der Waals surface area contributed by atoms with Gasteiger partial charge >= 0.3 is 0 Å². The largest absolute Gasteiger partial charge is 0.368 e. The third-order valence-electron chi connectivity index (χ3n) is 9.11. The summed E-state index contributed by atoms with van der Waals surface area (Å²) in [5, 5.41) is 9.80. The van der Waals surface area contributed by atoms with Crippen LogP contribution in [-0.2, 0) is 38.4 Å². The number of aromatic amines is 1. The van der Waals surface area contributed by atoms with E-state index in [1.165, 1.54) is 6.07 Å². The highest BCUT2D eigenvalue weighted by Gasteiger charge is 2.46. The van der Waals surface area contributed by atoms with Crippen LogP contribution < -0.4 is 21.7 Å². The summed E-state index contributed by atoms with van der Waals surface area (Å²) in [5.41, 5.74) is 5.87. The fraction of sp³-hybridized carbons (Fsp3) is 0.455. The maximum absolute atomic E-state index is 14.3. The molecule has 0 aliphatic heterocycles. The molecule has 4 rings (SSSR count). The Balaban J connectivity index is 1.71. The minimum Gasteiger partial charge on any atom is -0.368 e. The molecule has 0 radical (unpaired) electrons. The van der Waals surface area contributed by atoms with E-state index in [0.717, 1.165) is 23.4 Å². The zero-order valence-electron chi connectivity index (χ0n) is 26.2. The molecule has 0 spiro atoms. The van der Waals surface area contributed by atoms with Gasteiger partial charge in [-0.05, 0) is 54.5 Å². The number of fused-ring (bicyclic) bond motifs is 3. The van der Waals surface area contributed by atoms with Gasteiger partial charge in [0.15, 0.2) is 0 Å². The van der Waals surface area contributed by atoms with Crippen LogP contribution in [0.3, 0.4) is 0 Å². The average molecular weight is 679 g/mol. The average Bonchev–Trinajstić information content (AvgIpc) is 3.37. The Morgan fingerprint density at radius 1 is 1.00 bits per heavy atom. The molecule has 3 aromatic rings. The Hall–Kier alpha value is -3.70. The molecule has 0 fully saturated rings. The normalized spacial score (nSPS) is 18.6. The zero-order chi connectivity index (χ0) is 33.9. The van der Waals surface area contributed by atoms with E-state index < -0.39 is 70.8 Å². The topological polar surface area (TPSA) is 146 Å². The summed E-state index contributed by atoms with van der Waals surface area (Å²) >= 11 is 12.8. The number of amides is 4. The van der Waals surface area contributed by atoms with Crippen LogP contribution in [0.1, 0.15) is 63.8 Å². The van der Waals surface area contributed by atoms with Gasteiger partial charge in [0, 0.05) is 28.1 Å². The monoisotopic (exact) mass is 677 g/mol. The molecule has 46 heavy (non-hydrogen) atoms. The molecule has 1 aliphatic rings. The lowest BCUT2D eigenvalue weighted by Gasteiger charge is -2.39. The molecule has 0 saturated carbocycles. The molecule has 248 valence electrons. The zero-order valence-corrected chi connectivity index (χ0v) is 27.7. The SMILES string of the molecule is CCC(C)[C@H](NC(=O)[C@@]1(NC(=O)[C@@H](NC(=O)Cc2c(F)cccc2F)C(C)CC)CCc2[nH]c3c(Cl)cc(Cl)cc3c2C1)C(N)=O. The molecule has 6 N–H and O–H groups in total. The lowest BCUT2D eigenvalue weighted by Crippen LogP contribution is -2.67. The molecular weight excluding hydrogens is 639 g/mol. The number of rotatable bonds is 12. The number of nitrogens with one attached hydrogen (secondary N) is 4. The maximum atomic E-state index is 14.3. The maximum Gasteiger partial charge on any atom is 0.246 e. The molecule has 1 aromatic heterocycles. The number of H-pyrrole nitrogens is 1. The first-order valence-corrected chi connectivity index (χ1v) is 16.1. The fourth-order valence-electron chi connectivity index (χ4n) is 5.94. The summed E-state index contributed by atoms with van der Waals surface area (Å²) in [7, 11) is 0. The third-order valence-corrected chi connectivity index (χ3v) is 9.63. The van der Waals surface area contributed by atoms with Crippen LogP contribution in [0.4, 0.5) is 8.78 Å². The van der Waals surface area contributed by atoms with Gasteiger partial charge in [-0.3, -0.25) is 19.2 Å². The fourth-order valence-corrected chi connectivity index (χ4v) is 6.48. The lowest BCUT2D eigenvalue weighted by atomic mass is 9.78. The predicted octanol–water partition coefficient (Wildman–Crippen LogP) is 4.89. The van der Waals surface area contributed by atoms with Crippen LogP contribution >= 0.6 is 23.2 Å². The summed E-state index contributed by atoms with van der Waals surface area (Å²) in [5.74, 6) is -5.21. The Morgan fingerprint density at radius 2 is 1.63 bits per heavy atom. The first-order chi connectivity index (χ1) is 21.7. The van der Waals surface area contributed by atoms with E-state index in [2.05, 4.69) is 20.9 Å². The molecule has 1 aliphatic carbocycles. The lowest BCUT2D eigenvalue weighted by molar-refractivity contribution is -0.138. The molecule has 2 aromatic carbocycles. The number of hydrogen-bond acceptors (Lipinski definition) is 4. The van der Waals surface area contributed by atoms with Crippen LogP contribution in [0.15, 0.2) is 30.3 Å². The number of hydrogen-bond donors (Lipinski definition) is 5. The highest BCUT2D eigenvalue weighted by molar-refractivity contribution is 6.38. The Morgan fingerprint density at radius 3 is 2.24 bits per heavy atom. The van der Waals surface area contributed by atoms with Crippen molar-refractivity contribution in [2.45, 2.75) is 83.8 Å². The van der Waals surface area contributed by atoms with Crippen molar-refractivity contribution in [3.05, 3.63) is 68.8 Å². The van der Waals surface area contributed by atoms with Gasteiger partial charge < -0.3 is 26.7 Å². The molecule has 0 bridgehead atoms. The van der Waals surface area contributed by atoms with Crippen molar-refractivity contribution in [3.63, 3.8) is 0 Å². The van der Waals surface area contributed by atoms with Crippen LogP contribution in [0, 0.1) is 23.5 Å². The number of carbonyl (C=O) groups is 4. The molecule has 5 atom stereocenters. The highest BCUT2D eigenvalue weighted by atomic mass is 35.5.